The Morgan fingerprint density at radius 1 is 0.703 bits per heavy atom. The minimum Gasteiger partial charge on any atom is -0.481 e. The molecule has 0 saturated heterocycles. The molecule has 0 aliphatic heterocycles. The van der Waals surface area contributed by atoms with Gasteiger partial charge in [-0.25, -0.2) is 4.79 Å². The van der Waals surface area contributed by atoms with E-state index in [0.29, 0.717) is 24.1 Å². The minimum absolute atomic E-state index is 0.141. The summed E-state index contributed by atoms with van der Waals surface area (Å²) >= 11 is 0. The monoisotopic (exact) mass is 510 g/mol. The van der Waals surface area contributed by atoms with Gasteiger partial charge in [0.15, 0.2) is 5.78 Å². The number of rotatable bonds is 6. The van der Waals surface area contributed by atoms with E-state index in [0.717, 1.165) is 36.1 Å². The second kappa shape index (κ2) is 10.9. The molecular weight excluding hydrogens is 485 g/mol. The summed E-state index contributed by atoms with van der Waals surface area (Å²) in [6.07, 6.45) is -1.68. The van der Waals surface area contributed by atoms with Crippen LogP contribution in [-0.4, -0.2) is 22.9 Å². The van der Waals surface area contributed by atoms with E-state index in [-0.39, 0.29) is 11.5 Å². The highest BCUT2D eigenvalue weighted by Crippen LogP contribution is 2.33. The number of aliphatic carboxylic acids is 1. The molecule has 37 heavy (non-hydrogen) atoms. The molecule has 0 heterocycles. The highest BCUT2D eigenvalue weighted by atomic mass is 19.4. The van der Waals surface area contributed by atoms with E-state index in [1.165, 1.54) is 12.1 Å². The number of carbonyl (C=O) groups excluding carboxylic acids is 2. The van der Waals surface area contributed by atoms with Crippen molar-refractivity contribution in [2.24, 2.45) is 11.8 Å². The van der Waals surface area contributed by atoms with E-state index in [2.05, 4.69) is 10.6 Å². The van der Waals surface area contributed by atoms with Crippen LogP contribution >= 0.6 is 0 Å². The van der Waals surface area contributed by atoms with E-state index >= 15 is 0 Å². The molecule has 1 aliphatic rings. The first-order valence-corrected chi connectivity index (χ1v) is 11.8. The summed E-state index contributed by atoms with van der Waals surface area (Å²) in [6.45, 7) is 0. The zero-order chi connectivity index (χ0) is 26.6. The number of benzene rings is 3. The Kier molecular flexibility index (Phi) is 7.61. The standard InChI is InChI=1S/C28H25F3N2O4/c29-28(30,31)20-11-15-22(16-12-20)33-27(37)32-21-13-9-18(10-14-21)17-5-7-19(8-6-17)25(34)23-3-1-2-4-24(23)26(35)36/h5-16,23-24H,1-4H2,(H,35,36)(H2,32,33,37)/t23?,24-/m1/s1. The third-order valence-electron chi connectivity index (χ3n) is 6.54. The first kappa shape index (κ1) is 25.9. The van der Waals surface area contributed by atoms with E-state index in [1.807, 2.05) is 0 Å². The molecule has 1 aliphatic carbocycles. The summed E-state index contributed by atoms with van der Waals surface area (Å²) in [4.78, 5) is 36.7. The van der Waals surface area contributed by atoms with Gasteiger partial charge in [0.2, 0.25) is 0 Å². The number of ketones is 1. The molecule has 192 valence electrons. The minimum atomic E-state index is -4.45. The summed E-state index contributed by atoms with van der Waals surface area (Å²) in [5.74, 6) is -2.21. The molecule has 1 saturated carbocycles. The fraction of sp³-hybridized carbons (Fsp3) is 0.250. The molecule has 0 aromatic heterocycles. The number of urea groups is 1. The Morgan fingerprint density at radius 2 is 1.16 bits per heavy atom. The van der Waals surface area contributed by atoms with E-state index in [9.17, 15) is 32.7 Å². The molecule has 2 atom stereocenters. The van der Waals surface area contributed by atoms with Crippen molar-refractivity contribution in [2.75, 3.05) is 10.6 Å². The van der Waals surface area contributed by atoms with Crippen molar-refractivity contribution in [3.05, 3.63) is 83.9 Å². The Labute approximate surface area is 211 Å². The van der Waals surface area contributed by atoms with Gasteiger partial charge in [-0.05, 0) is 60.4 Å². The summed E-state index contributed by atoms with van der Waals surface area (Å²) in [7, 11) is 0. The van der Waals surface area contributed by atoms with Crippen LogP contribution < -0.4 is 10.6 Å². The number of carboxylic acids is 1. The maximum absolute atomic E-state index is 12.9. The van der Waals surface area contributed by atoms with Crippen molar-refractivity contribution in [1.82, 2.24) is 0 Å². The van der Waals surface area contributed by atoms with Crippen molar-refractivity contribution < 1.29 is 32.7 Å². The van der Waals surface area contributed by atoms with Crippen LogP contribution in [0.3, 0.4) is 0 Å². The van der Waals surface area contributed by atoms with Gasteiger partial charge in [0, 0.05) is 22.9 Å². The molecule has 1 unspecified atom stereocenters. The fourth-order valence-corrected chi connectivity index (χ4v) is 4.56. The van der Waals surface area contributed by atoms with Crippen LogP contribution in [0, 0.1) is 11.8 Å². The average Bonchev–Trinajstić information content (AvgIpc) is 2.88. The average molecular weight is 511 g/mol. The lowest BCUT2D eigenvalue weighted by Crippen LogP contribution is -2.32. The highest BCUT2D eigenvalue weighted by Gasteiger charge is 2.36. The van der Waals surface area contributed by atoms with Crippen LogP contribution in [0.4, 0.5) is 29.3 Å². The summed E-state index contributed by atoms with van der Waals surface area (Å²) < 4.78 is 38.0. The quantitative estimate of drug-likeness (QED) is 0.309. The molecular formula is C28H25F3N2O4. The van der Waals surface area contributed by atoms with Crippen molar-refractivity contribution in [2.45, 2.75) is 31.9 Å². The number of carbonyl (C=O) groups is 3. The van der Waals surface area contributed by atoms with E-state index < -0.39 is 35.6 Å². The van der Waals surface area contributed by atoms with E-state index in [4.69, 9.17) is 0 Å². The second-order valence-corrected chi connectivity index (χ2v) is 9.01. The molecule has 0 bridgehead atoms. The third-order valence-corrected chi connectivity index (χ3v) is 6.54. The second-order valence-electron chi connectivity index (χ2n) is 9.01. The van der Waals surface area contributed by atoms with Crippen molar-refractivity contribution in [3.8, 4) is 11.1 Å². The molecule has 0 radical (unpaired) electrons. The maximum atomic E-state index is 12.9. The lowest BCUT2D eigenvalue weighted by atomic mass is 9.75. The van der Waals surface area contributed by atoms with Crippen LogP contribution in [0.2, 0.25) is 0 Å². The number of Topliss-reactive ketones (excluding diaryl/α,β-unsaturated/α-hetero) is 1. The summed E-state index contributed by atoms with van der Waals surface area (Å²) in [5, 5.41) is 14.6. The van der Waals surface area contributed by atoms with Crippen molar-refractivity contribution >= 4 is 29.2 Å². The van der Waals surface area contributed by atoms with Gasteiger partial charge in [0.05, 0.1) is 11.5 Å². The Morgan fingerprint density at radius 3 is 1.65 bits per heavy atom. The largest absolute Gasteiger partial charge is 0.481 e. The number of anilines is 2. The third kappa shape index (κ3) is 6.35. The molecule has 3 aromatic carbocycles. The van der Waals surface area contributed by atoms with Gasteiger partial charge < -0.3 is 15.7 Å². The molecule has 3 aromatic rings. The molecule has 1 fully saturated rings. The predicted octanol–water partition coefficient (Wildman–Crippen LogP) is 7.09. The van der Waals surface area contributed by atoms with Crippen molar-refractivity contribution in [3.63, 3.8) is 0 Å². The Hall–Kier alpha value is -4.14. The van der Waals surface area contributed by atoms with Crippen LogP contribution in [0.1, 0.15) is 41.6 Å². The van der Waals surface area contributed by atoms with Gasteiger partial charge >= 0.3 is 18.2 Å². The van der Waals surface area contributed by atoms with E-state index in [1.54, 1.807) is 48.5 Å². The smallest absolute Gasteiger partial charge is 0.416 e. The zero-order valence-corrected chi connectivity index (χ0v) is 19.7. The number of halogens is 3. The van der Waals surface area contributed by atoms with Gasteiger partial charge in [0.25, 0.3) is 0 Å². The van der Waals surface area contributed by atoms with Crippen LogP contribution in [0.15, 0.2) is 72.8 Å². The maximum Gasteiger partial charge on any atom is 0.416 e. The Bertz CT molecular complexity index is 1270. The molecule has 9 heteroatoms. The molecule has 2 amide bonds. The van der Waals surface area contributed by atoms with Crippen LogP contribution in [0.5, 0.6) is 0 Å². The fourth-order valence-electron chi connectivity index (χ4n) is 4.56. The van der Waals surface area contributed by atoms with Crippen LogP contribution in [0.25, 0.3) is 11.1 Å². The molecule has 3 N–H and O–H groups in total. The van der Waals surface area contributed by atoms with Gasteiger partial charge in [-0.3, -0.25) is 9.59 Å². The predicted molar refractivity (Wildman–Crippen MR) is 133 cm³/mol. The molecule has 6 nitrogen and oxygen atoms in total. The van der Waals surface area contributed by atoms with Gasteiger partial charge in [-0.2, -0.15) is 13.2 Å². The normalized spacial score (nSPS) is 17.6. The number of hydrogen-bond donors (Lipinski definition) is 3. The Balaban J connectivity index is 1.36. The first-order valence-electron chi connectivity index (χ1n) is 11.8. The van der Waals surface area contributed by atoms with Gasteiger partial charge in [-0.15, -0.1) is 0 Å². The van der Waals surface area contributed by atoms with Crippen molar-refractivity contribution in [1.29, 1.82) is 0 Å². The number of hydrogen-bond acceptors (Lipinski definition) is 3. The molecule has 0 spiro atoms. The summed E-state index contributed by atoms with van der Waals surface area (Å²) in [6, 6.07) is 17.5. The SMILES string of the molecule is O=C(Nc1ccc(-c2ccc(C(=O)C3CCCC[C@H]3C(=O)O)cc2)cc1)Nc1ccc(C(F)(F)F)cc1. The number of amides is 2. The summed E-state index contributed by atoms with van der Waals surface area (Å²) in [5.41, 5.74) is 2.08. The number of nitrogens with one attached hydrogen (secondary N) is 2. The zero-order valence-electron chi connectivity index (χ0n) is 19.7. The van der Waals surface area contributed by atoms with Crippen LogP contribution in [-0.2, 0) is 11.0 Å². The van der Waals surface area contributed by atoms with Gasteiger partial charge in [0.1, 0.15) is 0 Å². The first-order chi connectivity index (χ1) is 17.6. The topological polar surface area (TPSA) is 95.5 Å². The van der Waals surface area contributed by atoms with Gasteiger partial charge in [-0.1, -0.05) is 49.2 Å². The lowest BCUT2D eigenvalue weighted by molar-refractivity contribution is -0.144. The number of alkyl halides is 3. The number of carboxylic acid groups (broad SMARTS) is 1. The lowest BCUT2D eigenvalue weighted by Gasteiger charge is -2.27. The highest BCUT2D eigenvalue weighted by molar-refractivity contribution is 6.01. The molecule has 4 rings (SSSR count).